The number of benzene rings is 2. The number of aromatic nitrogens is 3. The Morgan fingerprint density at radius 1 is 0.962 bits per heavy atom. The summed E-state index contributed by atoms with van der Waals surface area (Å²) in [6.45, 7) is 1.63. The van der Waals surface area contributed by atoms with E-state index in [1.807, 2.05) is 22.8 Å². The molecule has 0 atom stereocenters. The molecule has 0 saturated carbocycles. The molecule has 4 aromatic rings. The molecule has 2 aromatic carbocycles. The molecule has 0 bridgehead atoms. The first-order chi connectivity index (χ1) is 12.9. The number of nitrogens with one attached hydrogen (secondary N) is 1. The van der Waals surface area contributed by atoms with Crippen molar-refractivity contribution in [3.05, 3.63) is 60.8 Å². The van der Waals surface area contributed by atoms with Crippen molar-refractivity contribution < 1.29 is 4.74 Å². The Hall–Kier alpha value is -2.92. The maximum atomic E-state index is 5.43. The molecule has 0 unspecified atom stereocenters. The average Bonchev–Trinajstić information content (AvgIpc) is 3.12. The van der Waals surface area contributed by atoms with E-state index in [0.717, 1.165) is 48.8 Å². The van der Waals surface area contributed by atoms with E-state index in [2.05, 4.69) is 52.8 Å². The van der Waals surface area contributed by atoms with E-state index in [1.165, 1.54) is 10.8 Å². The first-order valence-electron chi connectivity index (χ1n) is 9.05. The van der Waals surface area contributed by atoms with E-state index in [-0.39, 0.29) is 0 Å². The summed E-state index contributed by atoms with van der Waals surface area (Å²) in [7, 11) is 0. The molecule has 0 radical (unpaired) electrons. The third-order valence-electron chi connectivity index (χ3n) is 4.98. The number of anilines is 1. The van der Waals surface area contributed by atoms with Gasteiger partial charge in [0, 0.05) is 24.8 Å². The van der Waals surface area contributed by atoms with Gasteiger partial charge in [-0.3, -0.25) is 0 Å². The molecular formula is C21H20N4O. The van der Waals surface area contributed by atoms with Crippen molar-refractivity contribution in [2.75, 3.05) is 18.5 Å². The second-order valence-electron chi connectivity index (χ2n) is 6.72. The van der Waals surface area contributed by atoms with Crippen molar-refractivity contribution in [1.82, 2.24) is 14.6 Å². The van der Waals surface area contributed by atoms with Crippen molar-refractivity contribution in [1.29, 1.82) is 0 Å². The smallest absolute Gasteiger partial charge is 0.154 e. The summed E-state index contributed by atoms with van der Waals surface area (Å²) in [4.78, 5) is 4.52. The number of rotatable bonds is 3. The standard InChI is InChI=1S/C21H20N4O/c1-2-4-16-13-17(6-5-15(16)3-1)19-14-22-21-8-7-20(24-25(19)21)23-18-9-11-26-12-10-18/h1-8,13-14,18H,9-12H2,(H,23,24). The van der Waals surface area contributed by atoms with Gasteiger partial charge >= 0.3 is 0 Å². The Morgan fingerprint density at radius 2 is 1.81 bits per heavy atom. The number of nitrogens with zero attached hydrogens (tertiary/aromatic N) is 3. The summed E-state index contributed by atoms with van der Waals surface area (Å²) in [5, 5.41) is 10.8. The normalized spacial score (nSPS) is 15.5. The summed E-state index contributed by atoms with van der Waals surface area (Å²) in [5.41, 5.74) is 2.97. The minimum absolute atomic E-state index is 0.418. The van der Waals surface area contributed by atoms with Crippen molar-refractivity contribution in [2.45, 2.75) is 18.9 Å². The van der Waals surface area contributed by atoms with Gasteiger partial charge in [-0.15, -0.1) is 5.10 Å². The molecule has 5 rings (SSSR count). The van der Waals surface area contributed by atoms with Crippen LogP contribution < -0.4 is 5.32 Å². The van der Waals surface area contributed by atoms with Crippen LogP contribution in [0.3, 0.4) is 0 Å². The number of hydrogen-bond donors (Lipinski definition) is 1. The van der Waals surface area contributed by atoms with E-state index in [4.69, 9.17) is 9.84 Å². The first-order valence-corrected chi connectivity index (χ1v) is 9.05. The van der Waals surface area contributed by atoms with E-state index >= 15 is 0 Å². The van der Waals surface area contributed by atoms with Crippen LogP contribution in [0.25, 0.3) is 27.7 Å². The molecule has 26 heavy (non-hydrogen) atoms. The molecule has 1 saturated heterocycles. The zero-order valence-electron chi connectivity index (χ0n) is 14.4. The Kier molecular flexibility index (Phi) is 3.79. The molecule has 5 heteroatoms. The molecule has 0 aliphatic carbocycles. The zero-order chi connectivity index (χ0) is 17.3. The molecule has 130 valence electrons. The molecule has 2 aromatic heterocycles. The van der Waals surface area contributed by atoms with Gasteiger partial charge in [0.1, 0.15) is 5.82 Å². The molecule has 1 fully saturated rings. The van der Waals surface area contributed by atoms with E-state index in [1.54, 1.807) is 0 Å². The second-order valence-corrected chi connectivity index (χ2v) is 6.72. The number of imidazole rings is 1. The molecule has 1 N–H and O–H groups in total. The van der Waals surface area contributed by atoms with Crippen LogP contribution in [0, 0.1) is 0 Å². The minimum Gasteiger partial charge on any atom is -0.381 e. The maximum Gasteiger partial charge on any atom is 0.154 e. The highest BCUT2D eigenvalue weighted by molar-refractivity contribution is 5.87. The molecule has 0 amide bonds. The van der Waals surface area contributed by atoms with Gasteiger partial charge in [0.15, 0.2) is 5.65 Å². The van der Waals surface area contributed by atoms with Crippen molar-refractivity contribution in [3.63, 3.8) is 0 Å². The number of fused-ring (bicyclic) bond motifs is 2. The molecule has 1 aliphatic rings. The lowest BCUT2D eigenvalue weighted by Gasteiger charge is -2.23. The summed E-state index contributed by atoms with van der Waals surface area (Å²) >= 11 is 0. The van der Waals surface area contributed by atoms with Crippen LogP contribution >= 0.6 is 0 Å². The van der Waals surface area contributed by atoms with Gasteiger partial charge in [0.05, 0.1) is 11.9 Å². The molecule has 1 aliphatic heterocycles. The lowest BCUT2D eigenvalue weighted by Crippen LogP contribution is -2.28. The van der Waals surface area contributed by atoms with Crippen molar-refractivity contribution in [2.24, 2.45) is 0 Å². The van der Waals surface area contributed by atoms with E-state index in [0.29, 0.717) is 6.04 Å². The Balaban J connectivity index is 1.53. The lowest BCUT2D eigenvalue weighted by molar-refractivity contribution is 0.0903. The highest BCUT2D eigenvalue weighted by atomic mass is 16.5. The van der Waals surface area contributed by atoms with Crippen molar-refractivity contribution >= 4 is 22.2 Å². The van der Waals surface area contributed by atoms with E-state index in [9.17, 15) is 0 Å². The third-order valence-corrected chi connectivity index (χ3v) is 4.98. The number of ether oxygens (including phenoxy) is 1. The predicted octanol–water partition coefficient (Wildman–Crippen LogP) is 4.14. The van der Waals surface area contributed by atoms with Gasteiger partial charge in [-0.1, -0.05) is 36.4 Å². The summed E-state index contributed by atoms with van der Waals surface area (Å²) < 4.78 is 7.35. The minimum atomic E-state index is 0.418. The molecule has 0 spiro atoms. The number of hydrogen-bond acceptors (Lipinski definition) is 4. The highest BCUT2D eigenvalue weighted by Gasteiger charge is 2.15. The van der Waals surface area contributed by atoms with Gasteiger partial charge in [-0.25, -0.2) is 9.50 Å². The first kappa shape index (κ1) is 15.3. The predicted molar refractivity (Wildman–Crippen MR) is 103 cm³/mol. The fourth-order valence-electron chi connectivity index (χ4n) is 3.55. The Morgan fingerprint density at radius 3 is 2.69 bits per heavy atom. The van der Waals surface area contributed by atoms with Crippen LogP contribution in [0.5, 0.6) is 0 Å². The van der Waals surface area contributed by atoms with E-state index < -0.39 is 0 Å². The van der Waals surface area contributed by atoms with Crippen LogP contribution in [0.15, 0.2) is 60.8 Å². The molecule has 5 nitrogen and oxygen atoms in total. The second kappa shape index (κ2) is 6.42. The highest BCUT2D eigenvalue weighted by Crippen LogP contribution is 2.25. The summed E-state index contributed by atoms with van der Waals surface area (Å²) in [6, 6.07) is 19.3. The average molecular weight is 344 g/mol. The van der Waals surface area contributed by atoms with Gasteiger partial charge in [-0.2, -0.15) is 0 Å². The van der Waals surface area contributed by atoms with Gasteiger partial charge in [0.2, 0.25) is 0 Å². The topological polar surface area (TPSA) is 51.5 Å². The molecular weight excluding hydrogens is 324 g/mol. The van der Waals surface area contributed by atoms with Crippen molar-refractivity contribution in [3.8, 4) is 11.3 Å². The lowest BCUT2D eigenvalue weighted by atomic mass is 10.1. The molecule has 3 heterocycles. The SMILES string of the molecule is c1ccc2cc(-c3cnc4ccc(NC5CCOCC5)nn34)ccc2c1. The van der Waals surface area contributed by atoms with Gasteiger partial charge in [-0.05, 0) is 41.8 Å². The van der Waals surface area contributed by atoms with Gasteiger partial charge < -0.3 is 10.1 Å². The Bertz CT molecular complexity index is 1070. The largest absolute Gasteiger partial charge is 0.381 e. The quantitative estimate of drug-likeness (QED) is 0.607. The van der Waals surface area contributed by atoms with Crippen LogP contribution in [-0.4, -0.2) is 33.9 Å². The maximum absolute atomic E-state index is 5.43. The fraction of sp³-hybridized carbons (Fsp3) is 0.238. The monoisotopic (exact) mass is 344 g/mol. The summed E-state index contributed by atoms with van der Waals surface area (Å²) in [5.74, 6) is 0.879. The summed E-state index contributed by atoms with van der Waals surface area (Å²) in [6.07, 6.45) is 3.92. The van der Waals surface area contributed by atoms with Crippen LogP contribution in [0.4, 0.5) is 5.82 Å². The van der Waals surface area contributed by atoms with Crippen LogP contribution in [-0.2, 0) is 4.74 Å². The fourth-order valence-corrected chi connectivity index (χ4v) is 3.55. The Labute approximate surface area is 151 Å². The van der Waals surface area contributed by atoms with Crippen LogP contribution in [0.1, 0.15) is 12.8 Å². The van der Waals surface area contributed by atoms with Gasteiger partial charge in [0.25, 0.3) is 0 Å². The zero-order valence-corrected chi connectivity index (χ0v) is 14.4. The van der Waals surface area contributed by atoms with Crippen LogP contribution in [0.2, 0.25) is 0 Å². The third kappa shape index (κ3) is 2.80.